The van der Waals surface area contributed by atoms with Gasteiger partial charge in [0.1, 0.15) is 6.04 Å². The number of benzene rings is 1. The highest BCUT2D eigenvalue weighted by Crippen LogP contribution is 2.29. The molecule has 1 aromatic rings. The fourth-order valence-corrected chi connectivity index (χ4v) is 1.54. The summed E-state index contributed by atoms with van der Waals surface area (Å²) in [4.78, 5) is 22.7. The van der Waals surface area contributed by atoms with Crippen LogP contribution in [0.1, 0.15) is 28.8 Å². The summed E-state index contributed by atoms with van der Waals surface area (Å²) >= 11 is 0. The lowest BCUT2D eigenvalue weighted by atomic mass is 10.1. The zero-order chi connectivity index (χ0) is 16.0. The fraction of sp³-hybridized carbons (Fsp3) is 0.308. The Morgan fingerprint density at radius 1 is 1.38 bits per heavy atom. The van der Waals surface area contributed by atoms with Gasteiger partial charge < -0.3 is 10.4 Å². The van der Waals surface area contributed by atoms with Crippen molar-refractivity contribution in [2.75, 3.05) is 0 Å². The standard InChI is InChI=1S/C13H11F3N2O3/c14-13(15,16)9-4-1-3-8(7-9)11(19)18-10(12(20)21)5-2-6-17/h1,3-4,7,10H,2,5H2,(H,18,19)(H,20,21)/t10-/m0/s1. The molecule has 0 spiro atoms. The minimum absolute atomic E-state index is 0.0974. The van der Waals surface area contributed by atoms with E-state index in [-0.39, 0.29) is 18.4 Å². The molecule has 0 radical (unpaired) electrons. The summed E-state index contributed by atoms with van der Waals surface area (Å²) in [5, 5.41) is 19.4. The van der Waals surface area contributed by atoms with Crippen LogP contribution in [0.4, 0.5) is 13.2 Å². The Hall–Kier alpha value is -2.56. The van der Waals surface area contributed by atoms with Crippen molar-refractivity contribution in [2.45, 2.75) is 25.1 Å². The number of carbonyl (C=O) groups is 2. The summed E-state index contributed by atoms with van der Waals surface area (Å²) in [5.74, 6) is -2.29. The number of carboxylic acid groups (broad SMARTS) is 1. The molecule has 1 rings (SSSR count). The summed E-state index contributed by atoms with van der Waals surface area (Å²) in [6, 6.07) is 4.05. The molecule has 21 heavy (non-hydrogen) atoms. The highest BCUT2D eigenvalue weighted by Gasteiger charge is 2.31. The number of carbonyl (C=O) groups excluding carboxylic acids is 1. The highest BCUT2D eigenvalue weighted by atomic mass is 19.4. The van der Waals surface area contributed by atoms with E-state index in [1.54, 1.807) is 6.07 Å². The third kappa shape index (κ3) is 4.80. The SMILES string of the molecule is N#CCC[C@H](NC(=O)c1cccc(C(F)(F)F)c1)C(=O)O. The van der Waals surface area contributed by atoms with Gasteiger partial charge in [0.05, 0.1) is 11.6 Å². The van der Waals surface area contributed by atoms with Crippen molar-refractivity contribution in [2.24, 2.45) is 0 Å². The number of amides is 1. The quantitative estimate of drug-likeness (QED) is 0.872. The van der Waals surface area contributed by atoms with Gasteiger partial charge in [0.2, 0.25) is 0 Å². The molecule has 2 N–H and O–H groups in total. The van der Waals surface area contributed by atoms with Gasteiger partial charge in [-0.2, -0.15) is 18.4 Å². The molecule has 0 aliphatic heterocycles. The number of hydrogen-bond donors (Lipinski definition) is 2. The molecule has 0 aromatic heterocycles. The maximum atomic E-state index is 12.5. The van der Waals surface area contributed by atoms with Crippen molar-refractivity contribution in [3.8, 4) is 6.07 Å². The molecule has 0 fully saturated rings. The third-order valence-electron chi connectivity index (χ3n) is 2.60. The summed E-state index contributed by atoms with van der Waals surface area (Å²) in [5.41, 5.74) is -1.30. The molecular formula is C13H11F3N2O3. The number of carboxylic acids is 1. The highest BCUT2D eigenvalue weighted by molar-refractivity contribution is 5.96. The second-order valence-electron chi connectivity index (χ2n) is 4.14. The summed E-state index contributed by atoms with van der Waals surface area (Å²) < 4.78 is 37.6. The van der Waals surface area contributed by atoms with E-state index in [2.05, 4.69) is 5.32 Å². The Labute approximate surface area is 118 Å². The van der Waals surface area contributed by atoms with E-state index in [0.29, 0.717) is 6.07 Å². The average molecular weight is 300 g/mol. The molecule has 112 valence electrons. The van der Waals surface area contributed by atoms with Crippen LogP contribution < -0.4 is 5.32 Å². The third-order valence-corrected chi connectivity index (χ3v) is 2.60. The van der Waals surface area contributed by atoms with Crippen LogP contribution in [-0.2, 0) is 11.0 Å². The normalized spacial score (nSPS) is 12.3. The van der Waals surface area contributed by atoms with Crippen LogP contribution in [0.25, 0.3) is 0 Å². The molecule has 0 saturated heterocycles. The number of halogens is 3. The van der Waals surface area contributed by atoms with Gasteiger partial charge in [-0.05, 0) is 24.6 Å². The Bertz CT molecular complexity index is 579. The number of nitriles is 1. The summed E-state index contributed by atoms with van der Waals surface area (Å²) in [6.45, 7) is 0. The minimum atomic E-state index is -4.59. The van der Waals surface area contributed by atoms with E-state index in [4.69, 9.17) is 10.4 Å². The van der Waals surface area contributed by atoms with E-state index in [1.165, 1.54) is 0 Å². The van der Waals surface area contributed by atoms with Gasteiger partial charge in [-0.1, -0.05) is 6.07 Å². The Kier molecular flexibility index (Phi) is 5.30. The number of nitrogens with zero attached hydrogens (tertiary/aromatic N) is 1. The molecule has 0 bridgehead atoms. The van der Waals surface area contributed by atoms with Crippen LogP contribution in [0.5, 0.6) is 0 Å². The number of hydrogen-bond acceptors (Lipinski definition) is 3. The zero-order valence-corrected chi connectivity index (χ0v) is 10.6. The van der Waals surface area contributed by atoms with Gasteiger partial charge in [0, 0.05) is 12.0 Å². The van der Waals surface area contributed by atoms with Crippen LogP contribution in [0.2, 0.25) is 0 Å². The number of rotatable bonds is 5. The van der Waals surface area contributed by atoms with Crippen molar-refractivity contribution >= 4 is 11.9 Å². The topological polar surface area (TPSA) is 90.2 Å². The first-order valence-corrected chi connectivity index (χ1v) is 5.83. The molecule has 1 aromatic carbocycles. The van der Waals surface area contributed by atoms with Crippen molar-refractivity contribution < 1.29 is 27.9 Å². The molecule has 0 unspecified atom stereocenters. The van der Waals surface area contributed by atoms with Crippen molar-refractivity contribution in [3.05, 3.63) is 35.4 Å². The molecule has 0 aliphatic rings. The lowest BCUT2D eigenvalue weighted by Gasteiger charge is -2.14. The minimum Gasteiger partial charge on any atom is -0.480 e. The Morgan fingerprint density at radius 2 is 2.05 bits per heavy atom. The largest absolute Gasteiger partial charge is 0.480 e. The van der Waals surface area contributed by atoms with Gasteiger partial charge in [-0.25, -0.2) is 4.79 Å². The molecule has 8 heteroatoms. The van der Waals surface area contributed by atoms with E-state index in [1.807, 2.05) is 0 Å². The fourth-order valence-electron chi connectivity index (χ4n) is 1.54. The molecule has 0 saturated carbocycles. The first-order chi connectivity index (χ1) is 9.75. The first kappa shape index (κ1) is 16.5. The lowest BCUT2D eigenvalue weighted by Crippen LogP contribution is -2.40. The number of nitrogens with one attached hydrogen (secondary N) is 1. The van der Waals surface area contributed by atoms with Gasteiger partial charge in [-0.15, -0.1) is 0 Å². The predicted octanol–water partition coefficient (Wildman–Crippen LogP) is 2.19. The van der Waals surface area contributed by atoms with Gasteiger partial charge in [0.25, 0.3) is 5.91 Å². The van der Waals surface area contributed by atoms with Crippen LogP contribution in [0.3, 0.4) is 0 Å². The smallest absolute Gasteiger partial charge is 0.416 e. The maximum absolute atomic E-state index is 12.5. The van der Waals surface area contributed by atoms with Crippen LogP contribution in [0.15, 0.2) is 24.3 Å². The summed E-state index contributed by atoms with van der Waals surface area (Å²) in [6.07, 6.45) is -4.82. The van der Waals surface area contributed by atoms with Gasteiger partial charge >= 0.3 is 12.1 Å². The molecule has 1 atom stereocenters. The second kappa shape index (κ2) is 6.74. The zero-order valence-electron chi connectivity index (χ0n) is 10.6. The van der Waals surface area contributed by atoms with Crippen LogP contribution >= 0.6 is 0 Å². The number of aliphatic carboxylic acids is 1. The van der Waals surface area contributed by atoms with E-state index >= 15 is 0 Å². The van der Waals surface area contributed by atoms with Gasteiger partial charge in [0.15, 0.2) is 0 Å². The summed E-state index contributed by atoms with van der Waals surface area (Å²) in [7, 11) is 0. The second-order valence-corrected chi connectivity index (χ2v) is 4.14. The van der Waals surface area contributed by atoms with E-state index in [0.717, 1.165) is 18.2 Å². The average Bonchev–Trinajstić information content (AvgIpc) is 2.42. The molecular weight excluding hydrogens is 289 g/mol. The van der Waals surface area contributed by atoms with Crippen molar-refractivity contribution in [1.82, 2.24) is 5.32 Å². The molecule has 5 nitrogen and oxygen atoms in total. The lowest BCUT2D eigenvalue weighted by molar-refractivity contribution is -0.139. The first-order valence-electron chi connectivity index (χ1n) is 5.83. The molecule has 1 amide bonds. The Morgan fingerprint density at radius 3 is 2.57 bits per heavy atom. The van der Waals surface area contributed by atoms with E-state index < -0.39 is 29.7 Å². The number of alkyl halides is 3. The van der Waals surface area contributed by atoms with E-state index in [9.17, 15) is 22.8 Å². The van der Waals surface area contributed by atoms with Crippen molar-refractivity contribution in [3.63, 3.8) is 0 Å². The molecule has 0 heterocycles. The van der Waals surface area contributed by atoms with Crippen LogP contribution in [0, 0.1) is 11.3 Å². The van der Waals surface area contributed by atoms with Gasteiger partial charge in [-0.3, -0.25) is 4.79 Å². The predicted molar refractivity (Wildman–Crippen MR) is 65.2 cm³/mol. The Balaban J connectivity index is 2.88. The molecule has 0 aliphatic carbocycles. The van der Waals surface area contributed by atoms with Crippen LogP contribution in [-0.4, -0.2) is 23.0 Å². The monoisotopic (exact) mass is 300 g/mol. The van der Waals surface area contributed by atoms with Crippen molar-refractivity contribution in [1.29, 1.82) is 5.26 Å². The maximum Gasteiger partial charge on any atom is 0.416 e.